The lowest BCUT2D eigenvalue weighted by Gasteiger charge is -2.01. The van der Waals surface area contributed by atoms with Gasteiger partial charge in [-0.2, -0.15) is 0 Å². The number of ether oxygens (including phenoxy) is 1. The number of halogens is 2. The van der Waals surface area contributed by atoms with E-state index in [-0.39, 0.29) is 22.7 Å². The van der Waals surface area contributed by atoms with Gasteiger partial charge in [-0.25, -0.2) is 0 Å². The molecule has 1 aromatic heterocycles. The van der Waals surface area contributed by atoms with Gasteiger partial charge in [0, 0.05) is 6.07 Å². The van der Waals surface area contributed by atoms with Crippen LogP contribution in [0.1, 0.15) is 0 Å². The molecule has 0 aliphatic carbocycles. The maximum Gasteiger partial charge on any atom is 0.193 e. The van der Waals surface area contributed by atoms with Crippen molar-refractivity contribution in [3.63, 3.8) is 0 Å². The molecule has 0 saturated carbocycles. The van der Waals surface area contributed by atoms with Crippen LogP contribution in [0.5, 0.6) is 5.75 Å². The number of hydrogen-bond donors (Lipinski definition) is 0. The van der Waals surface area contributed by atoms with Crippen LogP contribution < -0.4 is 4.74 Å². The first-order valence-electron chi connectivity index (χ1n) is 2.99. The summed E-state index contributed by atoms with van der Waals surface area (Å²) in [7, 11) is 0. The fourth-order valence-corrected chi connectivity index (χ4v) is 0.846. The summed E-state index contributed by atoms with van der Waals surface area (Å²) in [5.41, 5.74) is 0. The molecule has 0 spiro atoms. The topological polar surface area (TPSA) is 52.1 Å². The van der Waals surface area contributed by atoms with E-state index in [1.165, 1.54) is 6.07 Å². The molecule has 0 aliphatic heterocycles. The van der Waals surface area contributed by atoms with Crippen LogP contribution in [0.4, 0.5) is 0 Å². The summed E-state index contributed by atoms with van der Waals surface area (Å²) in [6.07, 6.45) is 0.602. The molecule has 0 fully saturated rings. The highest BCUT2D eigenvalue weighted by molar-refractivity contribution is 6.32. The number of carbonyl (C=O) groups is 1. The molecule has 0 amide bonds. The molecule has 4 nitrogen and oxygen atoms in total. The first-order valence-corrected chi connectivity index (χ1v) is 3.75. The van der Waals surface area contributed by atoms with Crippen molar-refractivity contribution >= 4 is 29.5 Å². The summed E-state index contributed by atoms with van der Waals surface area (Å²) in [5.74, 6) is 0.253. The summed E-state index contributed by atoms with van der Waals surface area (Å²) in [6.45, 7) is -0.0816. The fraction of sp³-hybridized carbons (Fsp3) is 0.167. The molecule has 0 unspecified atom stereocenters. The fourth-order valence-electron chi connectivity index (χ4n) is 0.563. The number of hydrogen-bond acceptors (Lipinski definition) is 4. The number of aldehydes is 1. The SMILES string of the molecule is O=CCOc1cc(Cl)nnc1Cl. The predicted octanol–water partition coefficient (Wildman–Crippen LogP) is 1.36. The molecule has 0 bridgehead atoms. The maximum absolute atomic E-state index is 9.94. The molecule has 0 radical (unpaired) electrons. The second-order valence-corrected chi connectivity index (χ2v) is 2.55. The zero-order valence-electron chi connectivity index (χ0n) is 5.83. The van der Waals surface area contributed by atoms with Gasteiger partial charge in [-0.1, -0.05) is 23.2 Å². The van der Waals surface area contributed by atoms with E-state index < -0.39 is 0 Å². The molecule has 0 aromatic carbocycles. The number of aromatic nitrogens is 2. The Bertz CT molecular complexity index is 293. The normalized spacial score (nSPS) is 9.50. The molecule has 12 heavy (non-hydrogen) atoms. The van der Waals surface area contributed by atoms with Crippen LogP contribution in [0, 0.1) is 0 Å². The highest BCUT2D eigenvalue weighted by Crippen LogP contribution is 2.22. The Morgan fingerprint density at radius 3 is 2.92 bits per heavy atom. The quantitative estimate of drug-likeness (QED) is 0.702. The van der Waals surface area contributed by atoms with Gasteiger partial charge in [0.25, 0.3) is 0 Å². The Balaban J connectivity index is 2.82. The molecule has 0 saturated heterocycles. The Hall–Kier alpha value is -0.870. The zero-order valence-corrected chi connectivity index (χ0v) is 7.34. The monoisotopic (exact) mass is 206 g/mol. The van der Waals surface area contributed by atoms with Crippen LogP contribution in [-0.4, -0.2) is 23.1 Å². The maximum atomic E-state index is 9.94. The third-order valence-electron chi connectivity index (χ3n) is 0.994. The Morgan fingerprint density at radius 2 is 2.25 bits per heavy atom. The van der Waals surface area contributed by atoms with E-state index in [4.69, 9.17) is 27.9 Å². The Labute approximate surface area is 78.5 Å². The number of carbonyl (C=O) groups excluding carboxylic acids is 1. The van der Waals surface area contributed by atoms with E-state index in [1.54, 1.807) is 0 Å². The van der Waals surface area contributed by atoms with E-state index >= 15 is 0 Å². The summed E-state index contributed by atoms with van der Waals surface area (Å²) in [4.78, 5) is 9.94. The van der Waals surface area contributed by atoms with E-state index in [1.807, 2.05) is 0 Å². The average molecular weight is 207 g/mol. The van der Waals surface area contributed by atoms with Crippen LogP contribution in [0.2, 0.25) is 10.3 Å². The van der Waals surface area contributed by atoms with Gasteiger partial charge in [0.05, 0.1) is 0 Å². The largest absolute Gasteiger partial charge is 0.483 e. The molecule has 0 aliphatic rings. The van der Waals surface area contributed by atoms with Crippen molar-refractivity contribution in [1.29, 1.82) is 0 Å². The Kier molecular flexibility index (Phi) is 3.25. The van der Waals surface area contributed by atoms with Gasteiger partial charge in [-0.05, 0) is 0 Å². The summed E-state index contributed by atoms with van der Waals surface area (Å²) < 4.78 is 4.88. The van der Waals surface area contributed by atoms with E-state index in [2.05, 4.69) is 10.2 Å². The first-order chi connectivity index (χ1) is 5.74. The van der Waals surface area contributed by atoms with Crippen molar-refractivity contribution in [3.05, 3.63) is 16.4 Å². The standard InChI is InChI=1S/C6H4Cl2N2O2/c7-5-3-4(12-2-1-11)6(8)10-9-5/h1,3H,2H2. The summed E-state index contributed by atoms with van der Waals surface area (Å²) in [6, 6.07) is 1.39. The molecule has 1 heterocycles. The van der Waals surface area contributed by atoms with E-state index in [0.717, 1.165) is 0 Å². The minimum Gasteiger partial charge on any atom is -0.483 e. The van der Waals surface area contributed by atoms with Crippen LogP contribution in [0.3, 0.4) is 0 Å². The van der Waals surface area contributed by atoms with Crippen molar-refractivity contribution < 1.29 is 9.53 Å². The van der Waals surface area contributed by atoms with E-state index in [0.29, 0.717) is 6.29 Å². The van der Waals surface area contributed by atoms with Crippen molar-refractivity contribution in [1.82, 2.24) is 10.2 Å². The van der Waals surface area contributed by atoms with Crippen LogP contribution in [0.15, 0.2) is 6.07 Å². The van der Waals surface area contributed by atoms with Gasteiger partial charge in [0.15, 0.2) is 22.3 Å². The average Bonchev–Trinajstić information content (AvgIpc) is 2.07. The minimum absolute atomic E-state index is 0.0816. The first kappa shape index (κ1) is 9.22. The van der Waals surface area contributed by atoms with Crippen LogP contribution >= 0.6 is 23.2 Å². The number of rotatable bonds is 3. The lowest BCUT2D eigenvalue weighted by Crippen LogP contribution is -1.99. The molecule has 0 N–H and O–H groups in total. The lowest BCUT2D eigenvalue weighted by molar-refractivity contribution is -0.109. The minimum atomic E-state index is -0.0816. The smallest absolute Gasteiger partial charge is 0.193 e. The van der Waals surface area contributed by atoms with Gasteiger partial charge < -0.3 is 4.74 Å². The van der Waals surface area contributed by atoms with Gasteiger partial charge >= 0.3 is 0 Å². The molecular formula is C6H4Cl2N2O2. The highest BCUT2D eigenvalue weighted by atomic mass is 35.5. The summed E-state index contributed by atoms with van der Waals surface area (Å²) >= 11 is 11.1. The Morgan fingerprint density at radius 1 is 1.50 bits per heavy atom. The van der Waals surface area contributed by atoms with Crippen molar-refractivity contribution in [2.24, 2.45) is 0 Å². The lowest BCUT2D eigenvalue weighted by atomic mass is 10.5. The second-order valence-electron chi connectivity index (χ2n) is 1.80. The highest BCUT2D eigenvalue weighted by Gasteiger charge is 2.04. The zero-order chi connectivity index (χ0) is 8.97. The predicted molar refractivity (Wildman–Crippen MR) is 43.6 cm³/mol. The third-order valence-corrected chi connectivity index (χ3v) is 1.44. The molecular weight excluding hydrogens is 203 g/mol. The van der Waals surface area contributed by atoms with Gasteiger partial charge in [-0.3, -0.25) is 4.79 Å². The molecule has 1 rings (SSSR count). The van der Waals surface area contributed by atoms with Crippen LogP contribution in [0.25, 0.3) is 0 Å². The third kappa shape index (κ3) is 2.32. The number of nitrogens with zero attached hydrogens (tertiary/aromatic N) is 2. The van der Waals surface area contributed by atoms with E-state index in [9.17, 15) is 4.79 Å². The molecule has 64 valence electrons. The van der Waals surface area contributed by atoms with Crippen molar-refractivity contribution in [2.45, 2.75) is 0 Å². The summed E-state index contributed by atoms with van der Waals surface area (Å²) in [5, 5.41) is 7.19. The second kappa shape index (κ2) is 4.23. The molecule has 1 aromatic rings. The molecule has 6 heteroatoms. The van der Waals surface area contributed by atoms with Gasteiger partial charge in [-0.15, -0.1) is 10.2 Å². The van der Waals surface area contributed by atoms with Crippen molar-refractivity contribution in [3.8, 4) is 5.75 Å². The van der Waals surface area contributed by atoms with Crippen molar-refractivity contribution in [2.75, 3.05) is 6.61 Å². The molecule has 0 atom stereocenters. The van der Waals surface area contributed by atoms with Crippen LogP contribution in [-0.2, 0) is 4.79 Å². The van der Waals surface area contributed by atoms with Gasteiger partial charge in [0.2, 0.25) is 0 Å². The van der Waals surface area contributed by atoms with Gasteiger partial charge in [0.1, 0.15) is 6.61 Å².